The minimum atomic E-state index is -1.04. The van der Waals surface area contributed by atoms with Gasteiger partial charge in [-0.2, -0.15) is 0 Å². The van der Waals surface area contributed by atoms with Gasteiger partial charge in [-0.1, -0.05) is 20.8 Å². The van der Waals surface area contributed by atoms with Crippen molar-refractivity contribution in [2.24, 2.45) is 0 Å². The number of carbonyl (C=O) groups is 2. The van der Waals surface area contributed by atoms with Gasteiger partial charge < -0.3 is 10.0 Å². The number of urea groups is 1. The normalized spacial score (nSPS) is 11.2. The van der Waals surface area contributed by atoms with E-state index in [9.17, 15) is 9.59 Å². The van der Waals surface area contributed by atoms with Crippen LogP contribution in [0.1, 0.15) is 33.4 Å². The molecule has 1 aromatic rings. The molecule has 0 spiro atoms. The SMILES string of the molecule is CCN(CC(=O)O)C(=O)Nc1nc(C(C)(C)C)cs1. The molecule has 1 rings (SSSR count). The highest BCUT2D eigenvalue weighted by Crippen LogP contribution is 2.26. The number of carboxylic acids is 1. The first kappa shape index (κ1) is 15.4. The smallest absolute Gasteiger partial charge is 0.324 e. The van der Waals surface area contributed by atoms with Gasteiger partial charge in [0.15, 0.2) is 5.13 Å². The molecule has 1 heterocycles. The minimum Gasteiger partial charge on any atom is -0.480 e. The largest absolute Gasteiger partial charge is 0.480 e. The Kier molecular flexibility index (Phi) is 4.88. The fourth-order valence-electron chi connectivity index (χ4n) is 1.34. The summed E-state index contributed by atoms with van der Waals surface area (Å²) in [6.07, 6.45) is 0. The average molecular weight is 285 g/mol. The van der Waals surface area contributed by atoms with Crippen molar-refractivity contribution >= 4 is 28.5 Å². The summed E-state index contributed by atoms with van der Waals surface area (Å²) in [4.78, 5) is 28.0. The highest BCUT2D eigenvalue weighted by Gasteiger charge is 2.20. The highest BCUT2D eigenvalue weighted by atomic mass is 32.1. The summed E-state index contributed by atoms with van der Waals surface area (Å²) in [7, 11) is 0. The molecule has 0 atom stereocenters. The number of carbonyl (C=O) groups excluding carboxylic acids is 1. The van der Waals surface area contributed by atoms with Gasteiger partial charge in [0.25, 0.3) is 0 Å². The molecule has 1 aromatic heterocycles. The molecular formula is C12H19N3O3S. The van der Waals surface area contributed by atoms with E-state index >= 15 is 0 Å². The predicted molar refractivity (Wildman–Crippen MR) is 74.7 cm³/mol. The predicted octanol–water partition coefficient (Wildman–Crippen LogP) is 2.38. The molecule has 6 nitrogen and oxygen atoms in total. The van der Waals surface area contributed by atoms with Crippen LogP contribution in [0, 0.1) is 0 Å². The third-order valence-electron chi connectivity index (χ3n) is 2.48. The van der Waals surface area contributed by atoms with Gasteiger partial charge in [0.2, 0.25) is 0 Å². The second-order valence-electron chi connectivity index (χ2n) is 5.13. The molecule has 0 saturated heterocycles. The van der Waals surface area contributed by atoms with E-state index in [0.29, 0.717) is 11.7 Å². The molecule has 2 N–H and O–H groups in total. The van der Waals surface area contributed by atoms with E-state index < -0.39 is 12.0 Å². The van der Waals surface area contributed by atoms with Gasteiger partial charge in [-0.3, -0.25) is 10.1 Å². The van der Waals surface area contributed by atoms with Gasteiger partial charge >= 0.3 is 12.0 Å². The van der Waals surface area contributed by atoms with E-state index in [1.165, 1.54) is 16.2 Å². The number of hydrogen-bond donors (Lipinski definition) is 2. The van der Waals surface area contributed by atoms with Gasteiger partial charge in [-0.05, 0) is 6.92 Å². The van der Waals surface area contributed by atoms with Crippen LogP contribution < -0.4 is 5.32 Å². The molecule has 0 saturated carbocycles. The fraction of sp³-hybridized carbons (Fsp3) is 0.583. The Balaban J connectivity index is 2.71. The third kappa shape index (κ3) is 4.51. The molecule has 0 bridgehead atoms. The van der Waals surface area contributed by atoms with Crippen molar-refractivity contribution in [3.63, 3.8) is 0 Å². The number of aromatic nitrogens is 1. The number of aliphatic carboxylic acids is 1. The lowest BCUT2D eigenvalue weighted by atomic mass is 9.93. The maximum Gasteiger partial charge on any atom is 0.324 e. The Labute approximate surface area is 116 Å². The summed E-state index contributed by atoms with van der Waals surface area (Å²) in [6, 6.07) is -0.445. The van der Waals surface area contributed by atoms with Crippen LogP contribution in [0.2, 0.25) is 0 Å². The van der Waals surface area contributed by atoms with Gasteiger partial charge in [0, 0.05) is 17.3 Å². The number of anilines is 1. The second-order valence-corrected chi connectivity index (χ2v) is 5.98. The first-order valence-corrected chi connectivity index (χ1v) is 6.85. The topological polar surface area (TPSA) is 82.5 Å². The van der Waals surface area contributed by atoms with E-state index in [1.807, 2.05) is 26.2 Å². The molecule has 2 amide bonds. The van der Waals surface area contributed by atoms with Crippen LogP contribution in [0.3, 0.4) is 0 Å². The van der Waals surface area contributed by atoms with E-state index in [0.717, 1.165) is 5.69 Å². The van der Waals surface area contributed by atoms with Crippen molar-refractivity contribution < 1.29 is 14.7 Å². The van der Waals surface area contributed by atoms with Crippen LogP contribution in [0.25, 0.3) is 0 Å². The van der Waals surface area contributed by atoms with Crippen LogP contribution in [0.15, 0.2) is 5.38 Å². The quantitative estimate of drug-likeness (QED) is 0.889. The molecule has 19 heavy (non-hydrogen) atoms. The van der Waals surface area contributed by atoms with E-state index in [1.54, 1.807) is 6.92 Å². The maximum absolute atomic E-state index is 11.9. The molecule has 0 unspecified atom stereocenters. The number of nitrogens with zero attached hydrogens (tertiary/aromatic N) is 2. The van der Waals surface area contributed by atoms with Crippen LogP contribution >= 0.6 is 11.3 Å². The molecule has 0 fully saturated rings. The molecule has 0 aliphatic heterocycles. The molecule has 0 aliphatic rings. The number of thiazole rings is 1. The van der Waals surface area contributed by atoms with E-state index in [2.05, 4.69) is 10.3 Å². The van der Waals surface area contributed by atoms with Gasteiger partial charge in [0.1, 0.15) is 6.54 Å². The zero-order chi connectivity index (χ0) is 14.6. The Morgan fingerprint density at radius 3 is 2.53 bits per heavy atom. The van der Waals surface area contributed by atoms with Crippen molar-refractivity contribution in [2.75, 3.05) is 18.4 Å². The number of rotatable bonds is 4. The lowest BCUT2D eigenvalue weighted by Crippen LogP contribution is -2.38. The lowest BCUT2D eigenvalue weighted by Gasteiger charge is -2.18. The maximum atomic E-state index is 11.9. The molecule has 7 heteroatoms. The van der Waals surface area contributed by atoms with Crippen molar-refractivity contribution in [3.8, 4) is 0 Å². The third-order valence-corrected chi connectivity index (χ3v) is 3.24. The summed E-state index contributed by atoms with van der Waals surface area (Å²) >= 11 is 1.33. The van der Waals surface area contributed by atoms with Gasteiger partial charge in [0.05, 0.1) is 5.69 Å². The Hall–Kier alpha value is -1.63. The van der Waals surface area contributed by atoms with Crippen molar-refractivity contribution in [1.82, 2.24) is 9.88 Å². The van der Waals surface area contributed by atoms with Crippen LogP contribution in [-0.4, -0.2) is 40.1 Å². The standard InChI is InChI=1S/C12H19N3O3S/c1-5-15(6-9(16)17)11(18)14-10-13-8(7-19-10)12(2,3)4/h7H,5-6H2,1-4H3,(H,16,17)(H,13,14,18). The lowest BCUT2D eigenvalue weighted by molar-refractivity contribution is -0.137. The van der Waals surface area contributed by atoms with Crippen molar-refractivity contribution in [2.45, 2.75) is 33.1 Å². The van der Waals surface area contributed by atoms with Gasteiger partial charge in [-0.25, -0.2) is 9.78 Å². The summed E-state index contributed by atoms with van der Waals surface area (Å²) < 4.78 is 0. The van der Waals surface area contributed by atoms with Crippen LogP contribution in [0.4, 0.5) is 9.93 Å². The van der Waals surface area contributed by atoms with Crippen LogP contribution in [-0.2, 0) is 10.2 Å². The zero-order valence-electron chi connectivity index (χ0n) is 11.6. The summed E-state index contributed by atoms with van der Waals surface area (Å²) in [6.45, 7) is 7.85. The Bertz CT molecular complexity index is 465. The first-order valence-electron chi connectivity index (χ1n) is 5.97. The van der Waals surface area contributed by atoms with E-state index in [-0.39, 0.29) is 12.0 Å². The number of amides is 2. The monoisotopic (exact) mass is 285 g/mol. The summed E-state index contributed by atoms with van der Waals surface area (Å²) in [5.41, 5.74) is 0.819. The molecule has 0 aromatic carbocycles. The van der Waals surface area contributed by atoms with Crippen molar-refractivity contribution in [1.29, 1.82) is 0 Å². The summed E-state index contributed by atoms with van der Waals surface area (Å²) in [5.74, 6) is -1.04. The summed E-state index contributed by atoms with van der Waals surface area (Å²) in [5, 5.41) is 13.7. The Morgan fingerprint density at radius 2 is 2.11 bits per heavy atom. The molecule has 0 radical (unpaired) electrons. The first-order chi connectivity index (χ1) is 8.74. The number of nitrogens with one attached hydrogen (secondary N) is 1. The molecule has 106 valence electrons. The second kappa shape index (κ2) is 6.01. The Morgan fingerprint density at radius 1 is 1.47 bits per heavy atom. The fourth-order valence-corrected chi connectivity index (χ4v) is 2.26. The van der Waals surface area contributed by atoms with Gasteiger partial charge in [-0.15, -0.1) is 11.3 Å². The number of carboxylic acid groups (broad SMARTS) is 1. The molecule has 0 aliphatic carbocycles. The van der Waals surface area contributed by atoms with Crippen molar-refractivity contribution in [3.05, 3.63) is 11.1 Å². The highest BCUT2D eigenvalue weighted by molar-refractivity contribution is 7.13. The molecular weight excluding hydrogens is 266 g/mol. The van der Waals surface area contributed by atoms with Crippen LogP contribution in [0.5, 0.6) is 0 Å². The number of hydrogen-bond acceptors (Lipinski definition) is 4. The van der Waals surface area contributed by atoms with E-state index in [4.69, 9.17) is 5.11 Å². The zero-order valence-corrected chi connectivity index (χ0v) is 12.4. The average Bonchev–Trinajstić information content (AvgIpc) is 2.73. The number of likely N-dealkylation sites (N-methyl/N-ethyl adjacent to an activating group) is 1. The minimum absolute atomic E-state index is 0.0784.